The van der Waals surface area contributed by atoms with Crippen molar-refractivity contribution in [1.29, 1.82) is 0 Å². The molecule has 0 spiro atoms. The smallest absolute Gasteiger partial charge is 0.224 e. The Labute approximate surface area is 188 Å². The number of hydrogen-bond acceptors (Lipinski definition) is 5. The summed E-state index contributed by atoms with van der Waals surface area (Å²) in [5, 5.41) is 3.12. The van der Waals surface area contributed by atoms with Crippen molar-refractivity contribution in [2.45, 2.75) is 61.6 Å². The van der Waals surface area contributed by atoms with Crippen LogP contribution in [0, 0.1) is 5.92 Å². The normalized spacial score (nSPS) is 23.1. The predicted octanol–water partition coefficient (Wildman–Crippen LogP) is 4.20. The van der Waals surface area contributed by atoms with E-state index in [0.717, 1.165) is 48.9 Å². The van der Waals surface area contributed by atoms with Gasteiger partial charge in [0.1, 0.15) is 5.54 Å². The second-order valence-corrected chi connectivity index (χ2v) is 11.7. The molecule has 0 saturated heterocycles. The van der Waals surface area contributed by atoms with Crippen LogP contribution in [-0.4, -0.2) is 37.4 Å². The molecular formula is C25H28N2O4S. The summed E-state index contributed by atoms with van der Waals surface area (Å²) in [6.07, 6.45) is 4.32. The van der Waals surface area contributed by atoms with Gasteiger partial charge in [-0.05, 0) is 68.0 Å². The zero-order valence-electron chi connectivity index (χ0n) is 18.4. The Hall–Kier alpha value is -2.67. The van der Waals surface area contributed by atoms with Gasteiger partial charge in [0.25, 0.3) is 0 Å². The maximum absolute atomic E-state index is 13.2. The molecule has 3 aliphatic rings. The van der Waals surface area contributed by atoms with Crippen LogP contribution in [0.5, 0.6) is 0 Å². The maximum Gasteiger partial charge on any atom is 0.224 e. The first-order valence-corrected chi connectivity index (χ1v) is 12.8. The molecule has 1 atom stereocenters. The molecule has 2 aromatic carbocycles. The van der Waals surface area contributed by atoms with Gasteiger partial charge in [-0.15, -0.1) is 0 Å². The number of ketones is 1. The van der Waals surface area contributed by atoms with Crippen LogP contribution in [0.15, 0.2) is 47.4 Å². The third-order valence-electron chi connectivity index (χ3n) is 7.13. The Bertz CT molecular complexity index is 1210. The third kappa shape index (κ3) is 3.34. The summed E-state index contributed by atoms with van der Waals surface area (Å²) in [6, 6.07) is 12.7. The number of nitrogens with zero attached hydrogens (tertiary/aromatic N) is 1. The van der Waals surface area contributed by atoms with Crippen molar-refractivity contribution in [1.82, 2.24) is 0 Å². The molecule has 1 amide bonds. The molecule has 0 aromatic heterocycles. The molecule has 2 aromatic rings. The molecule has 2 fully saturated rings. The van der Waals surface area contributed by atoms with Gasteiger partial charge in [-0.2, -0.15) is 0 Å². The van der Waals surface area contributed by atoms with E-state index in [9.17, 15) is 18.0 Å². The summed E-state index contributed by atoms with van der Waals surface area (Å²) in [6.45, 7) is 3.71. The molecule has 1 heterocycles. The number of Topliss-reactive ketones (excluding diaryl/α,β-unsaturated/α-hetero) is 1. The highest BCUT2D eigenvalue weighted by molar-refractivity contribution is 7.92. The summed E-state index contributed by atoms with van der Waals surface area (Å²) in [5.41, 5.74) is 2.21. The molecule has 0 bridgehead atoms. The standard InChI is InChI=1S/C25H28N2O4S/c1-16(28)27-23-12-9-19(18-7-4-8-21(13-18)32(30,31)20-10-11-20)14-22(23)26-15-25(27,2)24(29)17-5-3-6-17/h4,7-9,12-14,17,20,26H,3,5-6,10-11,15H2,1-2H3/t25-/m0/s1. The van der Waals surface area contributed by atoms with Crippen molar-refractivity contribution < 1.29 is 18.0 Å². The first kappa shape index (κ1) is 21.2. The number of fused-ring (bicyclic) bond motifs is 1. The topological polar surface area (TPSA) is 83.6 Å². The Morgan fingerprint density at radius 2 is 1.75 bits per heavy atom. The zero-order chi connectivity index (χ0) is 22.7. The fourth-order valence-electron chi connectivity index (χ4n) is 4.91. The van der Waals surface area contributed by atoms with Crippen LogP contribution in [0.25, 0.3) is 11.1 Å². The molecule has 2 saturated carbocycles. The number of amides is 1. The SMILES string of the molecule is CC(=O)N1c2ccc(-c3cccc(S(=O)(=O)C4CC4)c3)cc2NC[C@@]1(C)C(=O)C1CCC1. The zero-order valence-corrected chi connectivity index (χ0v) is 19.2. The highest BCUT2D eigenvalue weighted by atomic mass is 32.2. The van der Waals surface area contributed by atoms with Crippen LogP contribution >= 0.6 is 0 Å². The largest absolute Gasteiger partial charge is 0.381 e. The molecule has 6 nitrogen and oxygen atoms in total. The molecule has 2 aliphatic carbocycles. The van der Waals surface area contributed by atoms with Gasteiger partial charge in [0, 0.05) is 19.4 Å². The fourth-order valence-corrected chi connectivity index (χ4v) is 6.61. The van der Waals surface area contributed by atoms with E-state index in [4.69, 9.17) is 0 Å². The summed E-state index contributed by atoms with van der Waals surface area (Å²) >= 11 is 0. The van der Waals surface area contributed by atoms with E-state index >= 15 is 0 Å². The molecule has 0 unspecified atom stereocenters. The fraction of sp³-hybridized carbons (Fsp3) is 0.440. The number of sulfone groups is 1. The Morgan fingerprint density at radius 1 is 1.03 bits per heavy atom. The number of nitrogens with one attached hydrogen (secondary N) is 1. The van der Waals surface area contributed by atoms with Crippen molar-refractivity contribution in [3.8, 4) is 11.1 Å². The van der Waals surface area contributed by atoms with Gasteiger partial charge in [0.05, 0.1) is 21.5 Å². The second-order valence-electron chi connectivity index (χ2n) is 9.48. The van der Waals surface area contributed by atoms with Gasteiger partial charge in [0.15, 0.2) is 15.6 Å². The predicted molar refractivity (Wildman–Crippen MR) is 124 cm³/mol. The maximum atomic E-state index is 13.2. The van der Waals surface area contributed by atoms with Gasteiger partial charge in [0.2, 0.25) is 5.91 Å². The van der Waals surface area contributed by atoms with Crippen molar-refractivity contribution in [3.05, 3.63) is 42.5 Å². The van der Waals surface area contributed by atoms with Crippen LogP contribution in [0.2, 0.25) is 0 Å². The van der Waals surface area contributed by atoms with Gasteiger partial charge in [-0.3, -0.25) is 14.5 Å². The van der Waals surface area contributed by atoms with Crippen LogP contribution < -0.4 is 10.2 Å². The molecule has 7 heteroatoms. The van der Waals surface area contributed by atoms with E-state index in [1.54, 1.807) is 23.1 Å². The van der Waals surface area contributed by atoms with Crippen LogP contribution in [0.3, 0.4) is 0 Å². The van der Waals surface area contributed by atoms with E-state index < -0.39 is 15.4 Å². The Morgan fingerprint density at radius 3 is 2.38 bits per heavy atom. The molecular weight excluding hydrogens is 424 g/mol. The van der Waals surface area contributed by atoms with E-state index in [1.165, 1.54) is 6.92 Å². The minimum Gasteiger partial charge on any atom is -0.381 e. The molecule has 5 rings (SSSR count). The van der Waals surface area contributed by atoms with E-state index in [1.807, 2.05) is 31.2 Å². The highest BCUT2D eigenvalue weighted by Gasteiger charge is 2.48. The van der Waals surface area contributed by atoms with Gasteiger partial charge >= 0.3 is 0 Å². The molecule has 168 valence electrons. The quantitative estimate of drug-likeness (QED) is 0.735. The third-order valence-corrected chi connectivity index (χ3v) is 9.39. The second kappa shape index (κ2) is 7.44. The number of carbonyl (C=O) groups is 2. The van der Waals surface area contributed by atoms with E-state index in [-0.39, 0.29) is 22.9 Å². The summed E-state index contributed by atoms with van der Waals surface area (Å²) < 4.78 is 25.3. The molecule has 1 N–H and O–H groups in total. The van der Waals surface area contributed by atoms with E-state index in [0.29, 0.717) is 17.1 Å². The van der Waals surface area contributed by atoms with Gasteiger partial charge in [-0.25, -0.2) is 8.42 Å². The van der Waals surface area contributed by atoms with Crippen molar-refractivity contribution in [3.63, 3.8) is 0 Å². The minimum absolute atomic E-state index is 0.0284. The number of rotatable bonds is 5. The van der Waals surface area contributed by atoms with Gasteiger partial charge in [-0.1, -0.05) is 24.6 Å². The van der Waals surface area contributed by atoms with Crippen molar-refractivity contribution in [2.24, 2.45) is 5.92 Å². The highest BCUT2D eigenvalue weighted by Crippen LogP contribution is 2.43. The lowest BCUT2D eigenvalue weighted by Gasteiger charge is -2.47. The van der Waals surface area contributed by atoms with Crippen molar-refractivity contribution in [2.75, 3.05) is 16.8 Å². The monoisotopic (exact) mass is 452 g/mol. The van der Waals surface area contributed by atoms with Crippen molar-refractivity contribution >= 4 is 32.9 Å². The Kier molecular flexibility index (Phi) is 4.93. The minimum atomic E-state index is -3.27. The lowest BCUT2D eigenvalue weighted by molar-refractivity contribution is -0.132. The van der Waals surface area contributed by atoms with Crippen LogP contribution in [0.4, 0.5) is 11.4 Å². The summed E-state index contributed by atoms with van der Waals surface area (Å²) in [5.74, 6) is -0.00649. The van der Waals surface area contributed by atoms with Gasteiger partial charge < -0.3 is 5.32 Å². The average Bonchev–Trinajstić information content (AvgIpc) is 3.58. The number of benzene rings is 2. The lowest BCUT2D eigenvalue weighted by Crippen LogP contribution is -2.63. The average molecular weight is 453 g/mol. The van der Waals surface area contributed by atoms with Crippen LogP contribution in [0.1, 0.15) is 46.0 Å². The molecule has 32 heavy (non-hydrogen) atoms. The summed E-state index contributed by atoms with van der Waals surface area (Å²) in [7, 11) is -3.27. The first-order chi connectivity index (χ1) is 15.2. The first-order valence-electron chi connectivity index (χ1n) is 11.3. The number of carbonyl (C=O) groups excluding carboxylic acids is 2. The number of anilines is 2. The van der Waals surface area contributed by atoms with Crippen LogP contribution in [-0.2, 0) is 19.4 Å². The lowest BCUT2D eigenvalue weighted by atomic mass is 9.73. The number of hydrogen-bond donors (Lipinski definition) is 1. The summed E-state index contributed by atoms with van der Waals surface area (Å²) in [4.78, 5) is 27.9. The molecule has 0 radical (unpaired) electrons. The Balaban J connectivity index is 1.51. The molecule has 1 aliphatic heterocycles. The van der Waals surface area contributed by atoms with E-state index in [2.05, 4.69) is 5.32 Å².